The standard InChI is InChI=1S/C25H31N3O4/c29-24-5-2-10-28(24)11-8-27-25(30)21-6-7-23-22(17-21)16-19-3-1-4-20(15-19)18-26-9-12-31-13-14-32-23/h1,3-4,6-7,15,17,26H,2,5,8-14,16,18H2,(H,27,30). The van der Waals surface area contributed by atoms with E-state index >= 15 is 0 Å². The zero-order valence-electron chi connectivity index (χ0n) is 18.4. The molecule has 2 heterocycles. The number of ether oxygens (including phenoxy) is 2. The van der Waals surface area contributed by atoms with Crippen molar-refractivity contribution in [2.24, 2.45) is 0 Å². The van der Waals surface area contributed by atoms with Gasteiger partial charge in [-0.1, -0.05) is 24.3 Å². The number of likely N-dealkylation sites (tertiary alicyclic amines) is 1. The quantitative estimate of drug-likeness (QED) is 0.766. The highest BCUT2D eigenvalue weighted by atomic mass is 16.5. The predicted molar refractivity (Wildman–Crippen MR) is 122 cm³/mol. The molecular formula is C25H31N3O4. The number of benzene rings is 2. The van der Waals surface area contributed by atoms with E-state index in [1.165, 1.54) is 11.1 Å². The van der Waals surface area contributed by atoms with Crippen molar-refractivity contribution < 1.29 is 19.1 Å². The average Bonchev–Trinajstić information content (AvgIpc) is 3.20. The molecule has 7 heteroatoms. The highest BCUT2D eigenvalue weighted by molar-refractivity contribution is 5.94. The molecule has 1 fully saturated rings. The van der Waals surface area contributed by atoms with Crippen LogP contribution in [0.2, 0.25) is 0 Å². The normalized spacial score (nSPS) is 17.2. The molecule has 0 unspecified atom stereocenters. The number of carbonyl (C=O) groups is 2. The Balaban J connectivity index is 1.47. The SMILES string of the molecule is O=C(NCCN1CCCC1=O)c1ccc2c(c1)Cc1cccc(c1)CNCCOCCO2. The van der Waals surface area contributed by atoms with Crippen LogP contribution in [0.3, 0.4) is 0 Å². The predicted octanol–water partition coefficient (Wildman–Crippen LogP) is 2.13. The molecule has 4 rings (SSSR count). The third-order valence-electron chi connectivity index (χ3n) is 5.78. The van der Waals surface area contributed by atoms with Gasteiger partial charge in [-0.25, -0.2) is 0 Å². The average molecular weight is 438 g/mol. The minimum atomic E-state index is -0.139. The van der Waals surface area contributed by atoms with Gasteiger partial charge < -0.3 is 25.0 Å². The minimum absolute atomic E-state index is 0.139. The summed E-state index contributed by atoms with van der Waals surface area (Å²) in [5, 5.41) is 6.33. The number of nitrogens with one attached hydrogen (secondary N) is 2. The van der Waals surface area contributed by atoms with Gasteiger partial charge in [0.25, 0.3) is 5.91 Å². The molecule has 0 saturated carbocycles. The molecule has 0 atom stereocenters. The van der Waals surface area contributed by atoms with Gasteiger partial charge in [-0.05, 0) is 41.3 Å². The first-order valence-electron chi connectivity index (χ1n) is 11.4. The van der Waals surface area contributed by atoms with Crippen molar-refractivity contribution in [3.63, 3.8) is 0 Å². The monoisotopic (exact) mass is 437 g/mol. The summed E-state index contributed by atoms with van der Waals surface area (Å²) in [5.74, 6) is 0.803. The fourth-order valence-electron chi connectivity index (χ4n) is 4.11. The van der Waals surface area contributed by atoms with E-state index in [0.29, 0.717) is 51.3 Å². The van der Waals surface area contributed by atoms with Gasteiger partial charge in [0.1, 0.15) is 12.4 Å². The van der Waals surface area contributed by atoms with E-state index in [1.54, 1.807) is 11.0 Å². The van der Waals surface area contributed by atoms with Crippen LogP contribution < -0.4 is 15.4 Å². The van der Waals surface area contributed by atoms with Crippen LogP contribution in [0.25, 0.3) is 0 Å². The molecular weight excluding hydrogens is 406 g/mol. The molecule has 170 valence electrons. The molecule has 0 radical (unpaired) electrons. The molecule has 32 heavy (non-hydrogen) atoms. The molecule has 2 aromatic carbocycles. The first-order chi connectivity index (χ1) is 15.7. The maximum Gasteiger partial charge on any atom is 0.251 e. The van der Waals surface area contributed by atoms with Crippen LogP contribution in [0.1, 0.15) is 39.9 Å². The highest BCUT2D eigenvalue weighted by Crippen LogP contribution is 2.24. The first kappa shape index (κ1) is 22.3. The summed E-state index contributed by atoms with van der Waals surface area (Å²) in [5.41, 5.74) is 3.95. The number of carbonyl (C=O) groups excluding carboxylic acids is 2. The van der Waals surface area contributed by atoms with E-state index in [4.69, 9.17) is 9.47 Å². The zero-order valence-corrected chi connectivity index (χ0v) is 18.4. The Morgan fingerprint density at radius 1 is 1.09 bits per heavy atom. The zero-order chi connectivity index (χ0) is 22.2. The smallest absolute Gasteiger partial charge is 0.251 e. The molecule has 2 amide bonds. The van der Waals surface area contributed by atoms with Crippen molar-refractivity contribution in [2.45, 2.75) is 25.8 Å². The van der Waals surface area contributed by atoms with Gasteiger partial charge in [-0.3, -0.25) is 9.59 Å². The lowest BCUT2D eigenvalue weighted by Gasteiger charge is -2.17. The van der Waals surface area contributed by atoms with Crippen LogP contribution in [-0.2, 0) is 22.5 Å². The maximum atomic E-state index is 12.7. The van der Waals surface area contributed by atoms with E-state index in [-0.39, 0.29) is 11.8 Å². The van der Waals surface area contributed by atoms with Gasteiger partial charge >= 0.3 is 0 Å². The number of fused-ring (bicyclic) bond motifs is 3. The largest absolute Gasteiger partial charge is 0.491 e. The number of hydrogen-bond donors (Lipinski definition) is 2. The molecule has 7 nitrogen and oxygen atoms in total. The van der Waals surface area contributed by atoms with Crippen LogP contribution in [-0.4, -0.2) is 62.7 Å². The van der Waals surface area contributed by atoms with E-state index in [0.717, 1.165) is 37.4 Å². The lowest BCUT2D eigenvalue weighted by molar-refractivity contribution is -0.127. The Hall–Kier alpha value is -2.90. The molecule has 2 N–H and O–H groups in total. The van der Waals surface area contributed by atoms with Crippen LogP contribution in [0.15, 0.2) is 42.5 Å². The summed E-state index contributed by atoms with van der Waals surface area (Å²) in [7, 11) is 0. The summed E-state index contributed by atoms with van der Waals surface area (Å²) in [6, 6.07) is 14.0. The number of rotatable bonds is 4. The molecule has 2 aliphatic heterocycles. The Bertz CT molecular complexity index is 947. The molecule has 0 aliphatic carbocycles. The van der Waals surface area contributed by atoms with E-state index < -0.39 is 0 Å². The summed E-state index contributed by atoms with van der Waals surface area (Å²) >= 11 is 0. The molecule has 2 bridgehead atoms. The van der Waals surface area contributed by atoms with Crippen molar-refractivity contribution in [3.05, 3.63) is 64.7 Å². The van der Waals surface area contributed by atoms with Crippen LogP contribution in [0.5, 0.6) is 5.75 Å². The second-order valence-corrected chi connectivity index (χ2v) is 8.20. The summed E-state index contributed by atoms with van der Waals surface area (Å²) in [4.78, 5) is 26.3. The second-order valence-electron chi connectivity index (χ2n) is 8.20. The van der Waals surface area contributed by atoms with Crippen molar-refractivity contribution in [1.29, 1.82) is 0 Å². The van der Waals surface area contributed by atoms with Gasteiger partial charge in [0.2, 0.25) is 5.91 Å². The number of amides is 2. The van der Waals surface area contributed by atoms with Crippen molar-refractivity contribution in [1.82, 2.24) is 15.5 Å². The molecule has 0 aromatic heterocycles. The fraction of sp³-hybridized carbons (Fsp3) is 0.440. The van der Waals surface area contributed by atoms with Gasteiger partial charge in [0, 0.05) is 51.1 Å². The Morgan fingerprint density at radius 2 is 2.00 bits per heavy atom. The first-order valence-corrected chi connectivity index (χ1v) is 11.4. The number of hydrogen-bond acceptors (Lipinski definition) is 5. The van der Waals surface area contributed by atoms with Crippen LogP contribution >= 0.6 is 0 Å². The number of nitrogens with zero attached hydrogens (tertiary/aromatic N) is 1. The van der Waals surface area contributed by atoms with Crippen LogP contribution in [0.4, 0.5) is 0 Å². The van der Waals surface area contributed by atoms with Crippen LogP contribution in [0, 0.1) is 0 Å². The van der Waals surface area contributed by atoms with E-state index in [2.05, 4.69) is 34.9 Å². The molecule has 0 spiro atoms. The molecule has 2 aliphatic rings. The van der Waals surface area contributed by atoms with Gasteiger partial charge in [-0.2, -0.15) is 0 Å². The Morgan fingerprint density at radius 3 is 2.88 bits per heavy atom. The third-order valence-corrected chi connectivity index (χ3v) is 5.78. The Kier molecular flexibility index (Phi) is 7.74. The van der Waals surface area contributed by atoms with Gasteiger partial charge in [-0.15, -0.1) is 0 Å². The summed E-state index contributed by atoms with van der Waals surface area (Å²) < 4.78 is 11.6. The van der Waals surface area contributed by atoms with Crippen molar-refractivity contribution in [3.8, 4) is 5.75 Å². The fourth-order valence-corrected chi connectivity index (χ4v) is 4.11. The minimum Gasteiger partial charge on any atom is -0.491 e. The topological polar surface area (TPSA) is 79.9 Å². The summed E-state index contributed by atoms with van der Waals surface area (Å²) in [6.45, 7) is 4.99. The van der Waals surface area contributed by atoms with Gasteiger partial charge in [0.05, 0.1) is 13.2 Å². The van der Waals surface area contributed by atoms with Gasteiger partial charge in [0.15, 0.2) is 0 Å². The van der Waals surface area contributed by atoms with E-state index in [9.17, 15) is 9.59 Å². The lowest BCUT2D eigenvalue weighted by atomic mass is 9.99. The Labute approximate surface area is 189 Å². The summed E-state index contributed by atoms with van der Waals surface area (Å²) in [6.07, 6.45) is 2.19. The molecule has 1 saturated heterocycles. The molecule has 2 aromatic rings. The second kappa shape index (κ2) is 11.1. The van der Waals surface area contributed by atoms with Crippen molar-refractivity contribution >= 4 is 11.8 Å². The van der Waals surface area contributed by atoms with Crippen molar-refractivity contribution in [2.75, 3.05) is 46.0 Å². The lowest BCUT2D eigenvalue weighted by Crippen LogP contribution is -2.35. The van der Waals surface area contributed by atoms with E-state index in [1.807, 2.05) is 12.1 Å². The maximum absolute atomic E-state index is 12.7. The third kappa shape index (κ3) is 6.08. The highest BCUT2D eigenvalue weighted by Gasteiger charge is 2.19.